The fourth-order valence-electron chi connectivity index (χ4n) is 3.38. The maximum Gasteiger partial charge on any atom is 0.195 e. The lowest BCUT2D eigenvalue weighted by atomic mass is 9.94. The molecule has 0 aromatic heterocycles. The van der Waals surface area contributed by atoms with Crippen LogP contribution in [-0.2, 0) is 0 Å². The first kappa shape index (κ1) is 14.8. The van der Waals surface area contributed by atoms with Crippen LogP contribution in [0, 0.1) is 0 Å². The summed E-state index contributed by atoms with van der Waals surface area (Å²) in [4.78, 5) is 0. The van der Waals surface area contributed by atoms with Gasteiger partial charge in [-0.1, -0.05) is 53.2 Å². The Morgan fingerprint density at radius 1 is 1.26 bits per heavy atom. The molecule has 2 aromatic carbocycles. The lowest BCUT2D eigenvalue weighted by Gasteiger charge is -2.45. The first-order valence-electron chi connectivity index (χ1n) is 8.01. The molecular formula is C19H19BrN2O. The maximum atomic E-state index is 6.32. The van der Waals surface area contributed by atoms with Crippen molar-refractivity contribution in [3.05, 3.63) is 64.1 Å². The standard InChI is InChI=1S/C19H19BrN2O/c1-3-19(2)22-17(15-11-14(20)9-10-18(15)23-19)12-16(21-22)13-7-5-4-6-8-13/h4-11,17H,3,12H2,1-2H3/t17-,19-/m0/s1. The lowest BCUT2D eigenvalue weighted by molar-refractivity contribution is -0.108. The molecule has 2 aromatic rings. The molecule has 2 atom stereocenters. The monoisotopic (exact) mass is 370 g/mol. The van der Waals surface area contributed by atoms with Gasteiger partial charge < -0.3 is 4.74 Å². The molecule has 2 aliphatic heterocycles. The molecule has 0 saturated carbocycles. The van der Waals surface area contributed by atoms with Gasteiger partial charge in [0.25, 0.3) is 0 Å². The van der Waals surface area contributed by atoms with E-state index in [0.717, 1.165) is 28.8 Å². The summed E-state index contributed by atoms with van der Waals surface area (Å²) in [5.74, 6) is 0.975. The van der Waals surface area contributed by atoms with Gasteiger partial charge in [0.2, 0.25) is 0 Å². The SMILES string of the molecule is CC[C@]1(C)Oc2ccc(Br)cc2[C@@H]2CC(c3ccccc3)=NN21. The second-order valence-corrected chi connectivity index (χ2v) is 7.21. The highest BCUT2D eigenvalue weighted by atomic mass is 79.9. The van der Waals surface area contributed by atoms with Gasteiger partial charge in [-0.15, -0.1) is 0 Å². The number of rotatable bonds is 2. The Morgan fingerprint density at radius 2 is 2.04 bits per heavy atom. The van der Waals surface area contributed by atoms with E-state index in [2.05, 4.69) is 71.2 Å². The summed E-state index contributed by atoms with van der Waals surface area (Å²) < 4.78 is 7.40. The predicted molar refractivity (Wildman–Crippen MR) is 95.6 cm³/mol. The van der Waals surface area contributed by atoms with Crippen LogP contribution in [0.15, 0.2) is 58.1 Å². The highest BCUT2D eigenvalue weighted by Crippen LogP contribution is 2.48. The normalized spacial score (nSPS) is 25.4. The molecule has 0 aliphatic carbocycles. The summed E-state index contributed by atoms with van der Waals surface area (Å²) in [5.41, 5.74) is 3.13. The van der Waals surface area contributed by atoms with Gasteiger partial charge in [0.15, 0.2) is 5.72 Å². The highest BCUT2D eigenvalue weighted by Gasteiger charge is 2.46. The van der Waals surface area contributed by atoms with Crippen LogP contribution in [0.25, 0.3) is 0 Å². The topological polar surface area (TPSA) is 24.8 Å². The van der Waals surface area contributed by atoms with Crippen molar-refractivity contribution in [2.24, 2.45) is 5.10 Å². The minimum atomic E-state index is -0.401. The molecule has 0 spiro atoms. The van der Waals surface area contributed by atoms with E-state index in [9.17, 15) is 0 Å². The minimum Gasteiger partial charge on any atom is -0.466 e. The number of ether oxygens (including phenoxy) is 1. The molecule has 118 valence electrons. The molecule has 0 saturated heterocycles. The zero-order valence-electron chi connectivity index (χ0n) is 13.3. The molecule has 23 heavy (non-hydrogen) atoms. The van der Waals surface area contributed by atoms with Crippen LogP contribution >= 0.6 is 15.9 Å². The van der Waals surface area contributed by atoms with E-state index < -0.39 is 5.72 Å². The Labute approximate surface area is 145 Å². The van der Waals surface area contributed by atoms with Crippen LogP contribution in [-0.4, -0.2) is 16.4 Å². The van der Waals surface area contributed by atoms with Gasteiger partial charge in [-0.05, 0) is 30.7 Å². The second kappa shape index (κ2) is 5.38. The van der Waals surface area contributed by atoms with Crippen molar-refractivity contribution in [1.82, 2.24) is 5.01 Å². The third-order valence-electron chi connectivity index (χ3n) is 4.82. The van der Waals surface area contributed by atoms with Crippen LogP contribution in [0.2, 0.25) is 0 Å². The molecular weight excluding hydrogens is 352 g/mol. The predicted octanol–water partition coefficient (Wildman–Crippen LogP) is 5.12. The quantitative estimate of drug-likeness (QED) is 0.732. The van der Waals surface area contributed by atoms with Crippen LogP contribution in [0.1, 0.15) is 43.9 Å². The number of halogens is 1. The summed E-state index contributed by atoms with van der Waals surface area (Å²) in [6, 6.07) is 16.9. The van der Waals surface area contributed by atoms with E-state index in [1.54, 1.807) is 0 Å². The molecule has 0 amide bonds. The number of hydrogen-bond acceptors (Lipinski definition) is 3. The third-order valence-corrected chi connectivity index (χ3v) is 5.31. The van der Waals surface area contributed by atoms with Gasteiger partial charge in [-0.25, -0.2) is 5.01 Å². The number of benzene rings is 2. The van der Waals surface area contributed by atoms with Gasteiger partial charge >= 0.3 is 0 Å². The van der Waals surface area contributed by atoms with Crippen LogP contribution in [0.3, 0.4) is 0 Å². The second-order valence-electron chi connectivity index (χ2n) is 6.29. The summed E-state index contributed by atoms with van der Waals surface area (Å²) >= 11 is 3.58. The average molecular weight is 371 g/mol. The van der Waals surface area contributed by atoms with Crippen LogP contribution < -0.4 is 4.74 Å². The summed E-state index contributed by atoms with van der Waals surface area (Å²) in [6.45, 7) is 4.28. The number of fused-ring (bicyclic) bond motifs is 3. The van der Waals surface area contributed by atoms with Gasteiger partial charge in [0.1, 0.15) is 5.75 Å². The zero-order chi connectivity index (χ0) is 16.0. The van der Waals surface area contributed by atoms with E-state index in [0.29, 0.717) is 0 Å². The first-order valence-corrected chi connectivity index (χ1v) is 8.81. The van der Waals surface area contributed by atoms with Crippen molar-refractivity contribution < 1.29 is 4.74 Å². The Balaban J connectivity index is 1.80. The molecule has 2 aliphatic rings. The maximum absolute atomic E-state index is 6.32. The summed E-state index contributed by atoms with van der Waals surface area (Å²) in [5, 5.41) is 7.10. The Kier molecular flexibility index (Phi) is 3.45. The molecule has 3 nitrogen and oxygen atoms in total. The van der Waals surface area contributed by atoms with Gasteiger partial charge in [-0.2, -0.15) is 5.10 Å². The van der Waals surface area contributed by atoms with Gasteiger partial charge in [0, 0.05) is 22.9 Å². The molecule has 0 radical (unpaired) electrons. The molecule has 0 fully saturated rings. The van der Waals surface area contributed by atoms with Crippen molar-refractivity contribution in [1.29, 1.82) is 0 Å². The number of nitrogens with zero attached hydrogens (tertiary/aromatic N) is 2. The van der Waals surface area contributed by atoms with Crippen molar-refractivity contribution >= 4 is 21.6 Å². The smallest absolute Gasteiger partial charge is 0.195 e. The van der Waals surface area contributed by atoms with Crippen molar-refractivity contribution in [3.63, 3.8) is 0 Å². The lowest BCUT2D eigenvalue weighted by Crippen LogP contribution is -2.50. The van der Waals surface area contributed by atoms with Crippen molar-refractivity contribution in [3.8, 4) is 5.75 Å². The van der Waals surface area contributed by atoms with E-state index in [-0.39, 0.29) is 6.04 Å². The minimum absolute atomic E-state index is 0.233. The highest BCUT2D eigenvalue weighted by molar-refractivity contribution is 9.10. The van der Waals surface area contributed by atoms with E-state index in [1.165, 1.54) is 11.1 Å². The molecule has 4 heteroatoms. The van der Waals surface area contributed by atoms with Crippen LogP contribution in [0.4, 0.5) is 0 Å². The zero-order valence-corrected chi connectivity index (χ0v) is 14.9. The fourth-order valence-corrected chi connectivity index (χ4v) is 3.76. The molecule has 4 rings (SSSR count). The fraction of sp³-hybridized carbons (Fsp3) is 0.316. The molecule has 2 heterocycles. The summed E-state index contributed by atoms with van der Waals surface area (Å²) in [7, 11) is 0. The largest absolute Gasteiger partial charge is 0.466 e. The first-order chi connectivity index (χ1) is 11.1. The van der Waals surface area contributed by atoms with Crippen molar-refractivity contribution in [2.75, 3.05) is 0 Å². The summed E-state index contributed by atoms with van der Waals surface area (Å²) in [6.07, 6.45) is 1.79. The van der Waals surface area contributed by atoms with E-state index in [4.69, 9.17) is 9.84 Å². The van der Waals surface area contributed by atoms with E-state index >= 15 is 0 Å². The van der Waals surface area contributed by atoms with Crippen LogP contribution in [0.5, 0.6) is 5.75 Å². The Bertz CT molecular complexity index is 774. The Hall–Kier alpha value is -1.81. The van der Waals surface area contributed by atoms with Gasteiger partial charge in [-0.3, -0.25) is 0 Å². The molecule has 0 bridgehead atoms. The van der Waals surface area contributed by atoms with Crippen molar-refractivity contribution in [2.45, 2.75) is 38.5 Å². The molecule has 0 N–H and O–H groups in total. The third kappa shape index (κ3) is 2.36. The molecule has 0 unspecified atom stereocenters. The Morgan fingerprint density at radius 3 is 2.78 bits per heavy atom. The average Bonchev–Trinajstić information content (AvgIpc) is 3.03. The van der Waals surface area contributed by atoms with E-state index in [1.807, 2.05) is 12.1 Å². The number of hydrogen-bond donors (Lipinski definition) is 0. The van der Waals surface area contributed by atoms with Gasteiger partial charge in [0.05, 0.1) is 11.8 Å². The number of hydrazone groups is 1.